The number of thiophene rings is 1. The molecule has 0 saturated carbocycles. The summed E-state index contributed by atoms with van der Waals surface area (Å²) in [5.41, 5.74) is 0. The summed E-state index contributed by atoms with van der Waals surface area (Å²) in [5.74, 6) is 0.346. The van der Waals surface area contributed by atoms with Crippen LogP contribution >= 0.6 is 34.5 Å². The Kier molecular flexibility index (Phi) is 8.38. The topological polar surface area (TPSA) is 84.9 Å². The predicted octanol–water partition coefficient (Wildman–Crippen LogP) is 3.55. The predicted molar refractivity (Wildman–Crippen MR) is 117 cm³/mol. The number of rotatable bonds is 9. The minimum absolute atomic E-state index is 0.137. The van der Waals surface area contributed by atoms with Crippen molar-refractivity contribution < 1.29 is 22.7 Å². The van der Waals surface area contributed by atoms with Crippen LogP contribution in [0.1, 0.15) is 17.7 Å². The number of hydrogen-bond acceptors (Lipinski definition) is 6. The Morgan fingerprint density at radius 3 is 2.73 bits per heavy atom. The smallest absolute Gasteiger partial charge is 0.252 e. The first kappa shape index (κ1) is 23.3. The molecule has 1 saturated heterocycles. The van der Waals surface area contributed by atoms with Crippen LogP contribution in [0.5, 0.6) is 5.75 Å². The van der Waals surface area contributed by atoms with E-state index >= 15 is 0 Å². The number of nitrogens with one attached hydrogen (secondary N) is 1. The van der Waals surface area contributed by atoms with E-state index in [0.717, 1.165) is 4.88 Å². The lowest BCUT2D eigenvalue weighted by Crippen LogP contribution is -2.40. The van der Waals surface area contributed by atoms with Crippen LogP contribution in [0, 0.1) is 0 Å². The third-order valence-corrected chi connectivity index (χ3v) is 8.64. The molecule has 0 atom stereocenters. The van der Waals surface area contributed by atoms with Crippen molar-refractivity contribution in [3.8, 4) is 5.75 Å². The molecule has 1 aliphatic heterocycles. The zero-order valence-corrected chi connectivity index (χ0v) is 19.2. The highest BCUT2D eigenvalue weighted by Gasteiger charge is 2.27. The third-order valence-electron chi connectivity index (χ3n) is 4.38. The van der Waals surface area contributed by atoms with Gasteiger partial charge in [-0.25, -0.2) is 8.42 Å². The van der Waals surface area contributed by atoms with Crippen molar-refractivity contribution >= 4 is 50.5 Å². The summed E-state index contributed by atoms with van der Waals surface area (Å²) < 4.78 is 37.7. The molecule has 3 rings (SSSR count). The molecule has 1 N–H and O–H groups in total. The Hall–Kier alpha value is -1.36. The number of benzene rings is 1. The Balaban J connectivity index is 1.41. The van der Waals surface area contributed by atoms with Gasteiger partial charge in [0.1, 0.15) is 15.0 Å². The number of amides is 1. The average Bonchev–Trinajstić information content (AvgIpc) is 3.23. The van der Waals surface area contributed by atoms with Gasteiger partial charge in [-0.1, -0.05) is 29.3 Å². The number of carbonyl (C=O) groups excluding carboxylic acids is 1. The Labute approximate surface area is 189 Å². The second-order valence-corrected chi connectivity index (χ2v) is 10.6. The van der Waals surface area contributed by atoms with Gasteiger partial charge < -0.3 is 14.8 Å². The van der Waals surface area contributed by atoms with E-state index in [4.69, 9.17) is 32.7 Å². The maximum Gasteiger partial charge on any atom is 0.252 e. The largest absolute Gasteiger partial charge is 0.492 e. The number of sulfonamides is 1. The lowest BCUT2D eigenvalue weighted by Gasteiger charge is -2.25. The molecule has 11 heteroatoms. The van der Waals surface area contributed by atoms with Crippen molar-refractivity contribution in [2.75, 3.05) is 32.9 Å². The minimum atomic E-state index is -3.51. The molecule has 164 valence electrons. The van der Waals surface area contributed by atoms with Crippen molar-refractivity contribution in [1.82, 2.24) is 9.62 Å². The van der Waals surface area contributed by atoms with E-state index in [0.29, 0.717) is 55.1 Å². The molecule has 1 aliphatic rings. The fourth-order valence-corrected chi connectivity index (χ4v) is 5.99. The van der Waals surface area contributed by atoms with E-state index in [1.165, 1.54) is 15.6 Å². The second-order valence-electron chi connectivity index (χ2n) is 6.52. The number of morpholine rings is 1. The van der Waals surface area contributed by atoms with E-state index in [9.17, 15) is 13.2 Å². The molecule has 0 unspecified atom stereocenters. The lowest BCUT2D eigenvalue weighted by atomic mass is 10.3. The van der Waals surface area contributed by atoms with Gasteiger partial charge >= 0.3 is 0 Å². The van der Waals surface area contributed by atoms with Crippen LogP contribution in [0.3, 0.4) is 0 Å². The van der Waals surface area contributed by atoms with Gasteiger partial charge in [0.15, 0.2) is 0 Å². The fraction of sp³-hybridized carbons (Fsp3) is 0.421. The standard InChI is InChI=1S/C19H22Cl2N2O5S2/c20-15-3-1-4-16(19(15)21)28-10-2-5-17(24)22-13-14-6-7-18(29-14)30(25,26)23-8-11-27-12-9-23/h1,3-4,6-7H,2,5,8-13H2,(H,22,24). The summed E-state index contributed by atoms with van der Waals surface area (Å²) in [5, 5.41) is 3.57. The van der Waals surface area contributed by atoms with E-state index in [-0.39, 0.29) is 23.1 Å². The second kappa shape index (κ2) is 10.8. The molecule has 0 radical (unpaired) electrons. The number of nitrogens with zero attached hydrogens (tertiary/aromatic N) is 1. The van der Waals surface area contributed by atoms with Crippen LogP contribution in [0.2, 0.25) is 10.0 Å². The first-order valence-electron chi connectivity index (χ1n) is 9.38. The monoisotopic (exact) mass is 492 g/mol. The van der Waals surface area contributed by atoms with Crippen LogP contribution in [0.4, 0.5) is 0 Å². The summed E-state index contributed by atoms with van der Waals surface area (Å²) in [6, 6.07) is 8.44. The van der Waals surface area contributed by atoms with Gasteiger partial charge in [-0.3, -0.25) is 4.79 Å². The van der Waals surface area contributed by atoms with Crippen LogP contribution in [0.15, 0.2) is 34.5 Å². The molecule has 0 aliphatic carbocycles. The summed E-state index contributed by atoms with van der Waals surface area (Å²) in [7, 11) is -3.51. The van der Waals surface area contributed by atoms with Crippen molar-refractivity contribution in [2.45, 2.75) is 23.6 Å². The van der Waals surface area contributed by atoms with Crippen molar-refractivity contribution in [3.05, 3.63) is 45.3 Å². The highest BCUT2D eigenvalue weighted by molar-refractivity contribution is 7.91. The molecule has 7 nitrogen and oxygen atoms in total. The molecule has 0 bridgehead atoms. The summed E-state index contributed by atoms with van der Waals surface area (Å²) >= 11 is 13.1. The highest BCUT2D eigenvalue weighted by Crippen LogP contribution is 2.31. The van der Waals surface area contributed by atoms with Crippen LogP contribution in [-0.2, 0) is 26.1 Å². The maximum absolute atomic E-state index is 12.6. The molecule has 1 aromatic heterocycles. The number of halogens is 2. The quantitative estimate of drug-likeness (QED) is 0.541. The molecule has 2 heterocycles. The summed E-state index contributed by atoms with van der Waals surface area (Å²) in [6.45, 7) is 2.13. The summed E-state index contributed by atoms with van der Waals surface area (Å²) in [4.78, 5) is 12.8. The average molecular weight is 493 g/mol. The Morgan fingerprint density at radius 2 is 1.97 bits per heavy atom. The molecule has 1 amide bonds. The molecule has 30 heavy (non-hydrogen) atoms. The molecular formula is C19H22Cl2N2O5S2. The molecular weight excluding hydrogens is 471 g/mol. The van der Waals surface area contributed by atoms with Gasteiger partial charge in [-0.15, -0.1) is 11.3 Å². The Morgan fingerprint density at radius 1 is 1.20 bits per heavy atom. The number of carbonyl (C=O) groups is 1. The van der Waals surface area contributed by atoms with Gasteiger partial charge in [0, 0.05) is 24.4 Å². The number of ether oxygens (including phenoxy) is 2. The van der Waals surface area contributed by atoms with Gasteiger partial charge in [-0.05, 0) is 30.7 Å². The van der Waals surface area contributed by atoms with E-state index in [1.807, 2.05) is 0 Å². The molecule has 0 spiro atoms. The first-order valence-corrected chi connectivity index (χ1v) is 12.4. The van der Waals surface area contributed by atoms with Crippen LogP contribution in [-0.4, -0.2) is 51.5 Å². The maximum atomic E-state index is 12.6. The number of hydrogen-bond donors (Lipinski definition) is 1. The SMILES string of the molecule is O=C(CCCOc1cccc(Cl)c1Cl)NCc1ccc(S(=O)(=O)N2CCOCC2)s1. The van der Waals surface area contributed by atoms with Crippen molar-refractivity contribution in [3.63, 3.8) is 0 Å². The first-order chi connectivity index (χ1) is 14.4. The normalized spacial score (nSPS) is 15.1. The van der Waals surface area contributed by atoms with E-state index in [2.05, 4.69) is 5.32 Å². The van der Waals surface area contributed by atoms with E-state index < -0.39 is 10.0 Å². The van der Waals surface area contributed by atoms with Crippen molar-refractivity contribution in [2.24, 2.45) is 0 Å². The van der Waals surface area contributed by atoms with Gasteiger partial charge in [0.05, 0.1) is 31.4 Å². The summed E-state index contributed by atoms with van der Waals surface area (Å²) in [6.07, 6.45) is 0.790. The zero-order valence-electron chi connectivity index (χ0n) is 16.1. The highest BCUT2D eigenvalue weighted by atomic mass is 35.5. The molecule has 1 aromatic carbocycles. The van der Waals surface area contributed by atoms with E-state index in [1.54, 1.807) is 30.3 Å². The van der Waals surface area contributed by atoms with Gasteiger partial charge in [0.2, 0.25) is 5.91 Å². The fourth-order valence-electron chi connectivity index (χ4n) is 2.79. The Bertz CT molecular complexity index is 975. The molecule has 2 aromatic rings. The van der Waals surface area contributed by atoms with Crippen molar-refractivity contribution in [1.29, 1.82) is 0 Å². The zero-order chi connectivity index (χ0) is 21.6. The van der Waals surface area contributed by atoms with Gasteiger partial charge in [0.25, 0.3) is 10.0 Å². The lowest BCUT2D eigenvalue weighted by molar-refractivity contribution is -0.121. The van der Waals surface area contributed by atoms with Gasteiger partial charge in [-0.2, -0.15) is 4.31 Å². The van der Waals surface area contributed by atoms with Crippen LogP contribution in [0.25, 0.3) is 0 Å². The van der Waals surface area contributed by atoms with Crippen LogP contribution < -0.4 is 10.1 Å². The third kappa shape index (κ3) is 6.09. The minimum Gasteiger partial charge on any atom is -0.492 e. The molecule has 1 fully saturated rings.